The lowest BCUT2D eigenvalue weighted by Crippen LogP contribution is -2.31. The molecular weight excluding hydrogens is 276 g/mol. The number of carbonyl (C=O) groups is 1. The van der Waals surface area contributed by atoms with Crippen LogP contribution in [-0.4, -0.2) is 13.1 Å². The Morgan fingerprint density at radius 1 is 1.23 bits per heavy atom. The van der Waals surface area contributed by atoms with Crippen molar-refractivity contribution in [2.75, 3.05) is 12.4 Å². The number of aryl methyl sites for hydroxylation is 2. The first-order chi connectivity index (χ1) is 10.7. The maximum absolute atomic E-state index is 12.2. The summed E-state index contributed by atoms with van der Waals surface area (Å²) in [4.78, 5) is 12.2. The van der Waals surface area contributed by atoms with Crippen LogP contribution in [0.1, 0.15) is 29.2 Å². The number of hydrogen-bond acceptors (Lipinski definition) is 2. The van der Waals surface area contributed by atoms with Crippen LogP contribution in [0.5, 0.6) is 5.75 Å². The Hall–Kier alpha value is -2.49. The highest BCUT2D eigenvalue weighted by atomic mass is 16.5. The predicted molar refractivity (Wildman–Crippen MR) is 87.4 cm³/mol. The summed E-state index contributed by atoms with van der Waals surface area (Å²) in [5.41, 5.74) is 4.31. The number of amides is 2. The summed E-state index contributed by atoms with van der Waals surface area (Å²) < 4.78 is 5.22. The molecule has 0 spiro atoms. The number of nitrogens with one attached hydrogen (secondary N) is 2. The SMILES string of the molecule is COc1ccc(NC(=O)NC2CCc3ccccc32)cc1C. The Balaban J connectivity index is 1.65. The van der Waals surface area contributed by atoms with Crippen molar-refractivity contribution in [3.63, 3.8) is 0 Å². The molecule has 114 valence electrons. The van der Waals surface area contributed by atoms with Crippen LogP contribution in [0.15, 0.2) is 42.5 Å². The summed E-state index contributed by atoms with van der Waals surface area (Å²) in [7, 11) is 1.64. The van der Waals surface area contributed by atoms with Crippen LogP contribution in [0.25, 0.3) is 0 Å². The van der Waals surface area contributed by atoms with E-state index in [1.54, 1.807) is 7.11 Å². The van der Waals surface area contributed by atoms with Gasteiger partial charge in [-0.05, 0) is 54.7 Å². The van der Waals surface area contributed by atoms with Gasteiger partial charge in [-0.1, -0.05) is 24.3 Å². The largest absolute Gasteiger partial charge is 0.496 e. The molecule has 0 aromatic heterocycles. The second-order valence-electron chi connectivity index (χ2n) is 5.57. The van der Waals surface area contributed by atoms with Gasteiger partial charge in [0.1, 0.15) is 5.75 Å². The second-order valence-corrected chi connectivity index (χ2v) is 5.57. The van der Waals surface area contributed by atoms with Crippen LogP contribution in [0.4, 0.5) is 10.5 Å². The molecule has 2 amide bonds. The zero-order valence-corrected chi connectivity index (χ0v) is 12.8. The summed E-state index contributed by atoms with van der Waals surface area (Å²) in [5.74, 6) is 0.815. The Kier molecular flexibility index (Phi) is 4.00. The van der Waals surface area contributed by atoms with Gasteiger partial charge in [0, 0.05) is 5.69 Å². The van der Waals surface area contributed by atoms with Gasteiger partial charge < -0.3 is 15.4 Å². The zero-order valence-electron chi connectivity index (χ0n) is 12.8. The van der Waals surface area contributed by atoms with Crippen molar-refractivity contribution in [2.24, 2.45) is 0 Å². The quantitative estimate of drug-likeness (QED) is 0.905. The third-order valence-corrected chi connectivity index (χ3v) is 4.09. The van der Waals surface area contributed by atoms with Gasteiger partial charge in [0.05, 0.1) is 13.2 Å². The van der Waals surface area contributed by atoms with Gasteiger partial charge in [0.15, 0.2) is 0 Å². The number of benzene rings is 2. The Bertz CT molecular complexity index is 697. The maximum atomic E-state index is 12.2. The molecule has 0 fully saturated rings. The van der Waals surface area contributed by atoms with Gasteiger partial charge in [-0.15, -0.1) is 0 Å². The smallest absolute Gasteiger partial charge is 0.319 e. The number of methoxy groups -OCH3 is 1. The average Bonchev–Trinajstić information content (AvgIpc) is 2.91. The molecule has 4 nitrogen and oxygen atoms in total. The molecule has 1 unspecified atom stereocenters. The predicted octanol–water partition coefficient (Wildman–Crippen LogP) is 3.81. The molecule has 0 bridgehead atoms. The molecule has 1 atom stereocenters. The first kappa shape index (κ1) is 14.4. The van der Waals surface area contributed by atoms with Gasteiger partial charge in [-0.2, -0.15) is 0 Å². The number of urea groups is 1. The van der Waals surface area contributed by atoms with E-state index in [0.29, 0.717) is 0 Å². The minimum absolute atomic E-state index is 0.0931. The first-order valence-electron chi connectivity index (χ1n) is 7.47. The molecule has 2 aromatic rings. The molecule has 0 heterocycles. The fourth-order valence-corrected chi connectivity index (χ4v) is 2.99. The van der Waals surface area contributed by atoms with E-state index >= 15 is 0 Å². The highest BCUT2D eigenvalue weighted by Crippen LogP contribution is 2.30. The molecule has 0 radical (unpaired) electrons. The molecule has 22 heavy (non-hydrogen) atoms. The van der Waals surface area contributed by atoms with Crippen molar-refractivity contribution >= 4 is 11.7 Å². The van der Waals surface area contributed by atoms with E-state index in [1.165, 1.54) is 11.1 Å². The van der Waals surface area contributed by atoms with Crippen LogP contribution in [0, 0.1) is 6.92 Å². The topological polar surface area (TPSA) is 50.4 Å². The molecule has 1 aliphatic rings. The third kappa shape index (κ3) is 2.91. The van der Waals surface area contributed by atoms with Crippen molar-refractivity contribution in [3.8, 4) is 5.75 Å². The van der Waals surface area contributed by atoms with Crippen LogP contribution in [-0.2, 0) is 6.42 Å². The van der Waals surface area contributed by atoms with Crippen LogP contribution in [0.2, 0.25) is 0 Å². The molecular formula is C18H20N2O2. The lowest BCUT2D eigenvalue weighted by molar-refractivity contribution is 0.248. The number of hydrogen-bond donors (Lipinski definition) is 2. The van der Waals surface area contributed by atoms with E-state index in [4.69, 9.17) is 4.74 Å². The van der Waals surface area contributed by atoms with E-state index in [2.05, 4.69) is 22.8 Å². The Morgan fingerprint density at radius 3 is 2.82 bits per heavy atom. The lowest BCUT2D eigenvalue weighted by atomic mass is 10.1. The molecule has 0 saturated heterocycles. The minimum Gasteiger partial charge on any atom is -0.496 e. The fourth-order valence-electron chi connectivity index (χ4n) is 2.99. The normalized spacial score (nSPS) is 16.0. The number of carbonyl (C=O) groups excluding carboxylic acids is 1. The van der Waals surface area contributed by atoms with Crippen LogP contribution >= 0.6 is 0 Å². The standard InChI is InChI=1S/C18H20N2O2/c1-12-11-14(8-10-17(12)22-2)19-18(21)20-16-9-7-13-5-3-4-6-15(13)16/h3-6,8,10-11,16H,7,9H2,1-2H3,(H2,19,20,21). The molecule has 0 saturated carbocycles. The van der Waals surface area contributed by atoms with E-state index in [9.17, 15) is 4.79 Å². The van der Waals surface area contributed by atoms with E-state index < -0.39 is 0 Å². The summed E-state index contributed by atoms with van der Waals surface area (Å²) in [5, 5.41) is 5.94. The highest BCUT2D eigenvalue weighted by Gasteiger charge is 2.23. The summed E-state index contributed by atoms with van der Waals surface area (Å²) >= 11 is 0. The molecule has 3 rings (SSSR count). The Morgan fingerprint density at radius 2 is 2.05 bits per heavy atom. The minimum atomic E-state index is -0.175. The molecule has 2 aromatic carbocycles. The van der Waals surface area contributed by atoms with Crippen molar-refractivity contribution in [3.05, 3.63) is 59.2 Å². The summed E-state index contributed by atoms with van der Waals surface area (Å²) in [6, 6.07) is 13.8. The molecule has 0 aliphatic heterocycles. The highest BCUT2D eigenvalue weighted by molar-refractivity contribution is 5.89. The first-order valence-corrected chi connectivity index (χ1v) is 7.47. The third-order valence-electron chi connectivity index (χ3n) is 4.09. The average molecular weight is 296 g/mol. The van der Waals surface area contributed by atoms with Crippen molar-refractivity contribution < 1.29 is 9.53 Å². The van der Waals surface area contributed by atoms with Gasteiger partial charge in [-0.25, -0.2) is 4.79 Å². The van der Waals surface area contributed by atoms with Crippen LogP contribution < -0.4 is 15.4 Å². The summed E-state index contributed by atoms with van der Waals surface area (Å²) in [6.45, 7) is 1.95. The van der Waals surface area contributed by atoms with E-state index in [1.807, 2.05) is 37.3 Å². The van der Waals surface area contributed by atoms with Gasteiger partial charge in [0.2, 0.25) is 0 Å². The number of fused-ring (bicyclic) bond motifs is 1. The van der Waals surface area contributed by atoms with Crippen LogP contribution in [0.3, 0.4) is 0 Å². The van der Waals surface area contributed by atoms with Gasteiger partial charge >= 0.3 is 6.03 Å². The number of ether oxygens (including phenoxy) is 1. The molecule has 2 N–H and O–H groups in total. The van der Waals surface area contributed by atoms with Crippen molar-refractivity contribution in [2.45, 2.75) is 25.8 Å². The van der Waals surface area contributed by atoms with Gasteiger partial charge in [0.25, 0.3) is 0 Å². The lowest BCUT2D eigenvalue weighted by Gasteiger charge is -2.15. The van der Waals surface area contributed by atoms with Crippen molar-refractivity contribution in [1.29, 1.82) is 0 Å². The Labute approximate surface area is 130 Å². The number of rotatable bonds is 3. The molecule has 4 heteroatoms. The molecule has 1 aliphatic carbocycles. The maximum Gasteiger partial charge on any atom is 0.319 e. The monoisotopic (exact) mass is 296 g/mol. The van der Waals surface area contributed by atoms with E-state index in [0.717, 1.165) is 29.8 Å². The fraction of sp³-hybridized carbons (Fsp3) is 0.278. The second kappa shape index (κ2) is 6.10. The summed E-state index contributed by atoms with van der Waals surface area (Å²) in [6.07, 6.45) is 1.97. The van der Waals surface area contributed by atoms with Crippen molar-refractivity contribution in [1.82, 2.24) is 5.32 Å². The van der Waals surface area contributed by atoms with E-state index in [-0.39, 0.29) is 12.1 Å². The zero-order chi connectivity index (χ0) is 15.5. The number of anilines is 1. The van der Waals surface area contributed by atoms with Gasteiger partial charge in [-0.3, -0.25) is 0 Å².